The van der Waals surface area contributed by atoms with E-state index in [0.717, 1.165) is 32.7 Å². The molecule has 0 amide bonds. The van der Waals surface area contributed by atoms with Gasteiger partial charge in [0.15, 0.2) is 0 Å². The highest BCUT2D eigenvalue weighted by Gasteiger charge is 2.13. The van der Waals surface area contributed by atoms with Crippen LogP contribution in [0.15, 0.2) is 199 Å². The van der Waals surface area contributed by atoms with Crippen molar-refractivity contribution in [2.45, 2.75) is 27.7 Å². The zero-order chi connectivity index (χ0) is 38.9. The molecule has 7 aromatic rings. The van der Waals surface area contributed by atoms with Crippen molar-refractivity contribution in [3.63, 3.8) is 0 Å². The van der Waals surface area contributed by atoms with Gasteiger partial charge >= 0.3 is 0 Å². The Hall–Kier alpha value is -6.22. The predicted molar refractivity (Wildman–Crippen MR) is 246 cm³/mol. The van der Waals surface area contributed by atoms with E-state index in [1.165, 1.54) is 55.7 Å². The minimum Gasteiger partial charge on any atom is -0.311 e. The van der Waals surface area contributed by atoms with Gasteiger partial charge in [-0.25, -0.2) is 0 Å². The fraction of sp³-hybridized carbons (Fsp3) is 0.0741. The Kier molecular flexibility index (Phi) is 12.2. The molecule has 0 heterocycles. The van der Waals surface area contributed by atoms with E-state index in [0.29, 0.717) is 0 Å². The molecule has 0 radical (unpaired) electrons. The van der Waals surface area contributed by atoms with Gasteiger partial charge in [-0.1, -0.05) is 196 Å². The highest BCUT2D eigenvalue weighted by atomic mass is 79.9. The Morgan fingerprint density at radius 1 is 0.357 bits per heavy atom. The first-order chi connectivity index (χ1) is 27.3. The molecule has 0 N–H and O–H groups in total. The Morgan fingerprint density at radius 2 is 0.625 bits per heavy atom. The number of halogens is 1. The molecular formula is C54H46BrN. The zero-order valence-electron chi connectivity index (χ0n) is 32.5. The lowest BCUT2D eigenvalue weighted by molar-refractivity contribution is 1.28. The smallest absolute Gasteiger partial charge is 0.0462 e. The van der Waals surface area contributed by atoms with Gasteiger partial charge in [-0.3, -0.25) is 0 Å². The molecule has 0 unspecified atom stereocenters. The first-order valence-corrected chi connectivity index (χ1v) is 19.9. The highest BCUT2D eigenvalue weighted by molar-refractivity contribution is 9.10. The fourth-order valence-corrected chi connectivity index (χ4v) is 6.93. The normalized spacial score (nSPS) is 11.2. The maximum Gasteiger partial charge on any atom is 0.0462 e. The van der Waals surface area contributed by atoms with Crippen LogP contribution in [-0.2, 0) is 0 Å². The Morgan fingerprint density at radius 3 is 0.911 bits per heavy atom. The summed E-state index contributed by atoms with van der Waals surface area (Å²) in [6.45, 7) is 8.51. The summed E-state index contributed by atoms with van der Waals surface area (Å²) in [6, 6.07) is 61.0. The summed E-state index contributed by atoms with van der Waals surface area (Å²) in [4.78, 5) is 2.30. The van der Waals surface area contributed by atoms with Gasteiger partial charge in [-0.05, 0) is 121 Å². The van der Waals surface area contributed by atoms with Gasteiger partial charge in [0, 0.05) is 21.5 Å². The standard InChI is InChI=1S/C54H46BrN/c1-39-11-23-45(24-12-39)53(46-25-13-40(2)14-26-46)9-5-7-43-19-33-50(34-20-43)56(52-37-31-49(55)32-38-52)51-35-21-44(22-36-51)8-6-10-54(47-27-15-41(3)16-28-47)48-29-17-42(4)18-30-48/h5-38H,1-4H3/b7-5+,8-6+. The molecule has 0 fully saturated rings. The topological polar surface area (TPSA) is 3.24 Å². The van der Waals surface area contributed by atoms with Crippen molar-refractivity contribution in [3.05, 3.63) is 254 Å². The minimum absolute atomic E-state index is 1.05. The lowest BCUT2D eigenvalue weighted by atomic mass is 9.96. The molecule has 0 saturated heterocycles. The average molecular weight is 789 g/mol. The second kappa shape index (κ2) is 17.9. The van der Waals surface area contributed by atoms with E-state index in [4.69, 9.17) is 0 Å². The van der Waals surface area contributed by atoms with Crippen LogP contribution in [-0.4, -0.2) is 0 Å². The van der Waals surface area contributed by atoms with Gasteiger partial charge < -0.3 is 4.90 Å². The Balaban J connectivity index is 1.14. The summed E-state index contributed by atoms with van der Waals surface area (Å²) in [5.74, 6) is 0. The SMILES string of the molecule is Cc1ccc(C(=C/C=C/c2ccc(N(c3ccc(Br)cc3)c3ccc(/C=C/C=C(c4ccc(C)cc4)c4ccc(C)cc4)cc3)cc2)c2ccc(C)cc2)cc1. The Bertz CT molecular complexity index is 2230. The van der Waals surface area contributed by atoms with Gasteiger partial charge in [-0.15, -0.1) is 0 Å². The molecule has 7 rings (SSSR count). The first kappa shape index (κ1) is 38.1. The average Bonchev–Trinajstić information content (AvgIpc) is 3.22. The molecule has 0 spiro atoms. The molecule has 0 aromatic heterocycles. The van der Waals surface area contributed by atoms with E-state index >= 15 is 0 Å². The molecule has 0 aliphatic rings. The molecule has 1 nitrogen and oxygen atoms in total. The van der Waals surface area contributed by atoms with E-state index < -0.39 is 0 Å². The van der Waals surface area contributed by atoms with Crippen LogP contribution in [0.2, 0.25) is 0 Å². The summed E-state index contributed by atoms with van der Waals surface area (Å²) in [5.41, 5.74) is 17.8. The fourth-order valence-electron chi connectivity index (χ4n) is 6.67. The monoisotopic (exact) mass is 787 g/mol. The van der Waals surface area contributed by atoms with Crippen LogP contribution in [0.3, 0.4) is 0 Å². The predicted octanol–water partition coefficient (Wildman–Crippen LogP) is 15.4. The number of anilines is 3. The summed E-state index contributed by atoms with van der Waals surface area (Å²) in [6.07, 6.45) is 13.1. The summed E-state index contributed by atoms with van der Waals surface area (Å²) in [5, 5.41) is 0. The quantitative estimate of drug-likeness (QED) is 0.118. The Labute approximate surface area is 341 Å². The summed E-state index contributed by atoms with van der Waals surface area (Å²) >= 11 is 3.62. The van der Waals surface area contributed by atoms with Crippen LogP contribution in [0.5, 0.6) is 0 Å². The van der Waals surface area contributed by atoms with Gasteiger partial charge in [0.25, 0.3) is 0 Å². The molecule has 56 heavy (non-hydrogen) atoms. The maximum atomic E-state index is 3.62. The second-order valence-corrected chi connectivity index (χ2v) is 15.3. The van der Waals surface area contributed by atoms with E-state index in [1.54, 1.807) is 0 Å². The van der Waals surface area contributed by atoms with Crippen molar-refractivity contribution in [2.24, 2.45) is 0 Å². The minimum atomic E-state index is 1.05. The molecule has 0 aliphatic heterocycles. The zero-order valence-corrected chi connectivity index (χ0v) is 34.0. The molecule has 7 aromatic carbocycles. The lowest BCUT2D eigenvalue weighted by Gasteiger charge is -2.25. The number of aryl methyl sites for hydroxylation is 4. The molecule has 0 atom stereocenters. The van der Waals surface area contributed by atoms with Crippen molar-refractivity contribution in [1.82, 2.24) is 0 Å². The van der Waals surface area contributed by atoms with Gasteiger partial charge in [0.1, 0.15) is 0 Å². The molecule has 2 heteroatoms. The van der Waals surface area contributed by atoms with E-state index in [-0.39, 0.29) is 0 Å². The van der Waals surface area contributed by atoms with Crippen molar-refractivity contribution in [1.29, 1.82) is 0 Å². The number of hydrogen-bond donors (Lipinski definition) is 0. The molecule has 274 valence electrons. The second-order valence-electron chi connectivity index (χ2n) is 14.3. The van der Waals surface area contributed by atoms with E-state index in [9.17, 15) is 0 Å². The summed E-state index contributed by atoms with van der Waals surface area (Å²) in [7, 11) is 0. The largest absolute Gasteiger partial charge is 0.311 e. The summed E-state index contributed by atoms with van der Waals surface area (Å²) < 4.78 is 1.05. The maximum absolute atomic E-state index is 3.62. The molecular weight excluding hydrogens is 743 g/mol. The molecule has 0 bridgehead atoms. The van der Waals surface area contributed by atoms with E-state index in [1.807, 2.05) is 0 Å². The lowest BCUT2D eigenvalue weighted by Crippen LogP contribution is -2.09. The van der Waals surface area contributed by atoms with Gasteiger partial charge in [0.2, 0.25) is 0 Å². The third-order valence-corrected chi connectivity index (χ3v) is 10.5. The van der Waals surface area contributed by atoms with Gasteiger partial charge in [-0.2, -0.15) is 0 Å². The van der Waals surface area contributed by atoms with Crippen molar-refractivity contribution in [3.8, 4) is 0 Å². The number of nitrogens with zero attached hydrogens (tertiary/aromatic N) is 1. The van der Waals surface area contributed by atoms with E-state index in [2.05, 4.69) is 255 Å². The number of rotatable bonds is 11. The van der Waals surface area contributed by atoms with Crippen molar-refractivity contribution >= 4 is 56.3 Å². The van der Waals surface area contributed by atoms with Crippen molar-refractivity contribution < 1.29 is 0 Å². The molecule has 0 aliphatic carbocycles. The third-order valence-electron chi connectivity index (χ3n) is 9.94. The van der Waals surface area contributed by atoms with Crippen LogP contribution >= 0.6 is 15.9 Å². The van der Waals surface area contributed by atoms with Crippen LogP contribution in [0.4, 0.5) is 17.1 Å². The number of benzene rings is 7. The number of hydrogen-bond acceptors (Lipinski definition) is 1. The van der Waals surface area contributed by atoms with Crippen LogP contribution < -0.4 is 4.90 Å². The van der Waals surface area contributed by atoms with Crippen LogP contribution in [0.1, 0.15) is 55.6 Å². The van der Waals surface area contributed by atoms with Gasteiger partial charge in [0.05, 0.1) is 0 Å². The van der Waals surface area contributed by atoms with Crippen molar-refractivity contribution in [2.75, 3.05) is 4.90 Å². The first-order valence-electron chi connectivity index (χ1n) is 19.1. The highest BCUT2D eigenvalue weighted by Crippen LogP contribution is 2.36. The van der Waals surface area contributed by atoms with Crippen LogP contribution in [0.25, 0.3) is 23.3 Å². The molecule has 0 saturated carbocycles. The number of allylic oxidation sites excluding steroid dienone is 4. The van der Waals surface area contributed by atoms with Crippen LogP contribution in [0, 0.1) is 27.7 Å². The third kappa shape index (κ3) is 9.71.